The average molecular weight is 471 g/mol. The van der Waals surface area contributed by atoms with Crippen molar-refractivity contribution in [3.63, 3.8) is 0 Å². The molecule has 3 aromatic rings. The van der Waals surface area contributed by atoms with E-state index in [1.165, 1.54) is 10.4 Å². The minimum absolute atomic E-state index is 0.00674. The number of thiophene rings is 1. The molecule has 1 N–H and O–H groups in total. The van der Waals surface area contributed by atoms with Crippen molar-refractivity contribution in [2.24, 2.45) is 0 Å². The normalized spacial score (nSPS) is 15.4. The van der Waals surface area contributed by atoms with Crippen molar-refractivity contribution in [1.29, 1.82) is 0 Å². The van der Waals surface area contributed by atoms with Gasteiger partial charge < -0.3 is 14.8 Å². The maximum absolute atomic E-state index is 13.1. The largest absolute Gasteiger partial charge is 0.497 e. The van der Waals surface area contributed by atoms with Crippen molar-refractivity contribution >= 4 is 33.8 Å². The number of benzene rings is 2. The maximum Gasteiger partial charge on any atom is 0.256 e. The quantitative estimate of drug-likeness (QED) is 0.502. The molecule has 168 valence electrons. The van der Waals surface area contributed by atoms with Gasteiger partial charge in [0.05, 0.1) is 26.4 Å². The molecule has 1 atom stereocenters. The van der Waals surface area contributed by atoms with Crippen LogP contribution in [0.15, 0.2) is 48.5 Å². The van der Waals surface area contributed by atoms with E-state index in [2.05, 4.69) is 36.2 Å². The van der Waals surface area contributed by atoms with Gasteiger partial charge in [0.2, 0.25) is 0 Å². The first-order valence-corrected chi connectivity index (χ1v) is 11.8. The molecule has 2 aromatic carbocycles. The predicted octanol–water partition coefficient (Wildman–Crippen LogP) is 5.70. The molecule has 1 amide bonds. The monoisotopic (exact) mass is 470 g/mol. The summed E-state index contributed by atoms with van der Waals surface area (Å²) < 4.78 is 10.8. The molecule has 0 aliphatic carbocycles. The lowest BCUT2D eigenvalue weighted by Gasteiger charge is -2.35. The molecule has 0 unspecified atom stereocenters. The van der Waals surface area contributed by atoms with Gasteiger partial charge in [-0.1, -0.05) is 23.7 Å². The fraction of sp³-hybridized carbons (Fsp3) is 0.320. The van der Waals surface area contributed by atoms with Crippen molar-refractivity contribution < 1.29 is 14.3 Å². The molecule has 1 aliphatic heterocycles. The summed E-state index contributed by atoms with van der Waals surface area (Å²) in [4.78, 5) is 16.7. The molecule has 1 aliphatic rings. The first-order chi connectivity index (χ1) is 15.5. The van der Waals surface area contributed by atoms with Gasteiger partial charge in [-0.15, -0.1) is 11.3 Å². The van der Waals surface area contributed by atoms with Crippen LogP contribution in [0.5, 0.6) is 5.75 Å². The summed E-state index contributed by atoms with van der Waals surface area (Å²) in [6, 6.07) is 15.2. The SMILES string of the molecule is COc1ccc(C(=O)Nc2sc(C)c(C)c2[C@@H](c2ccc(Cl)cc2)N2CCOCC2)cc1. The van der Waals surface area contributed by atoms with Crippen LogP contribution in [0.1, 0.15) is 38.0 Å². The Balaban J connectivity index is 1.72. The van der Waals surface area contributed by atoms with Crippen LogP contribution in [0.25, 0.3) is 0 Å². The van der Waals surface area contributed by atoms with Crippen molar-refractivity contribution in [1.82, 2.24) is 4.90 Å². The van der Waals surface area contributed by atoms with Crippen LogP contribution in [0.4, 0.5) is 5.00 Å². The second-order valence-corrected chi connectivity index (χ2v) is 9.47. The minimum Gasteiger partial charge on any atom is -0.497 e. The van der Waals surface area contributed by atoms with Crippen LogP contribution < -0.4 is 10.1 Å². The first kappa shape index (κ1) is 22.8. The zero-order chi connectivity index (χ0) is 22.7. The number of nitrogens with zero attached hydrogens (tertiary/aromatic N) is 1. The lowest BCUT2D eigenvalue weighted by Crippen LogP contribution is -2.39. The lowest BCUT2D eigenvalue weighted by molar-refractivity contribution is 0.0240. The molecule has 5 nitrogen and oxygen atoms in total. The molecular weight excluding hydrogens is 444 g/mol. The molecule has 2 heterocycles. The topological polar surface area (TPSA) is 50.8 Å². The van der Waals surface area contributed by atoms with Gasteiger partial charge in [-0.05, 0) is 61.4 Å². The number of carbonyl (C=O) groups excluding carboxylic acids is 1. The molecule has 1 saturated heterocycles. The Labute approximate surface area is 197 Å². The van der Waals surface area contributed by atoms with Gasteiger partial charge >= 0.3 is 0 Å². The molecule has 0 spiro atoms. The number of ether oxygens (including phenoxy) is 2. The van der Waals surface area contributed by atoms with Crippen LogP contribution in [0.3, 0.4) is 0 Å². The van der Waals surface area contributed by atoms with Gasteiger partial charge in [-0.25, -0.2) is 0 Å². The van der Waals surface area contributed by atoms with Gasteiger partial charge in [0.15, 0.2) is 0 Å². The average Bonchev–Trinajstić information content (AvgIpc) is 3.09. The molecule has 0 bridgehead atoms. The Morgan fingerprint density at radius 2 is 1.75 bits per heavy atom. The van der Waals surface area contributed by atoms with Crippen molar-refractivity contribution in [2.75, 3.05) is 38.7 Å². The summed E-state index contributed by atoms with van der Waals surface area (Å²) in [5.74, 6) is 0.590. The fourth-order valence-corrected chi connectivity index (χ4v) is 5.24. The van der Waals surface area contributed by atoms with E-state index in [0.717, 1.165) is 35.0 Å². The van der Waals surface area contributed by atoms with Gasteiger partial charge in [-0.2, -0.15) is 0 Å². The van der Waals surface area contributed by atoms with E-state index in [-0.39, 0.29) is 11.9 Å². The van der Waals surface area contributed by atoms with Crippen molar-refractivity contribution in [3.05, 3.63) is 80.7 Å². The Kier molecular flexibility index (Phi) is 7.16. The molecule has 0 radical (unpaired) electrons. The summed E-state index contributed by atoms with van der Waals surface area (Å²) in [7, 11) is 1.61. The highest BCUT2D eigenvalue weighted by Gasteiger charge is 2.30. The highest BCUT2D eigenvalue weighted by atomic mass is 35.5. The number of anilines is 1. The Morgan fingerprint density at radius 3 is 2.38 bits per heavy atom. The highest BCUT2D eigenvalue weighted by Crippen LogP contribution is 2.42. The first-order valence-electron chi connectivity index (χ1n) is 10.6. The smallest absolute Gasteiger partial charge is 0.256 e. The number of hydrogen-bond acceptors (Lipinski definition) is 5. The van der Waals surface area contributed by atoms with Crippen LogP contribution in [0.2, 0.25) is 5.02 Å². The third kappa shape index (κ3) is 4.84. The highest BCUT2D eigenvalue weighted by molar-refractivity contribution is 7.16. The number of hydrogen-bond donors (Lipinski definition) is 1. The van der Waals surface area contributed by atoms with E-state index in [1.54, 1.807) is 42.7 Å². The second-order valence-electron chi connectivity index (χ2n) is 7.81. The standard InChI is InChI=1S/C25H27ClN2O3S/c1-16-17(2)32-25(27-24(29)19-6-10-21(30-3)11-7-19)22(16)23(28-12-14-31-15-13-28)18-4-8-20(26)9-5-18/h4-11,23H,12-15H2,1-3H3,(H,27,29)/t23-/m1/s1. The van der Waals surface area contributed by atoms with Crippen LogP contribution in [0, 0.1) is 13.8 Å². The summed E-state index contributed by atoms with van der Waals surface area (Å²) in [5, 5.41) is 4.77. The summed E-state index contributed by atoms with van der Waals surface area (Å²) in [6.45, 7) is 7.28. The van der Waals surface area contributed by atoms with Gasteiger partial charge in [0, 0.05) is 34.1 Å². The van der Waals surface area contributed by atoms with E-state index in [9.17, 15) is 4.79 Å². The molecule has 1 aromatic heterocycles. The third-order valence-electron chi connectivity index (χ3n) is 5.88. The summed E-state index contributed by atoms with van der Waals surface area (Å²) >= 11 is 7.80. The maximum atomic E-state index is 13.1. The third-order valence-corrected chi connectivity index (χ3v) is 7.27. The molecule has 1 fully saturated rings. The number of aryl methyl sites for hydroxylation is 1. The Hall–Kier alpha value is -2.38. The van der Waals surface area contributed by atoms with Crippen LogP contribution in [-0.4, -0.2) is 44.2 Å². The summed E-state index contributed by atoms with van der Waals surface area (Å²) in [5.41, 5.74) is 4.08. The number of halogens is 1. The Bertz CT molecular complexity index is 1070. The van der Waals surface area contributed by atoms with E-state index in [0.29, 0.717) is 23.8 Å². The number of carbonyl (C=O) groups is 1. The Morgan fingerprint density at radius 1 is 1.09 bits per heavy atom. The zero-order valence-corrected chi connectivity index (χ0v) is 20.1. The van der Waals surface area contributed by atoms with Gasteiger partial charge in [0.25, 0.3) is 5.91 Å². The minimum atomic E-state index is -0.132. The van der Waals surface area contributed by atoms with E-state index >= 15 is 0 Å². The summed E-state index contributed by atoms with van der Waals surface area (Å²) in [6.07, 6.45) is 0. The number of rotatable bonds is 6. The molecule has 0 saturated carbocycles. The second kappa shape index (κ2) is 10.0. The molecule has 32 heavy (non-hydrogen) atoms. The number of amides is 1. The molecular formula is C25H27ClN2O3S. The van der Waals surface area contributed by atoms with Crippen molar-refractivity contribution in [2.45, 2.75) is 19.9 Å². The van der Waals surface area contributed by atoms with Gasteiger partial charge in [0.1, 0.15) is 10.8 Å². The zero-order valence-electron chi connectivity index (χ0n) is 18.5. The van der Waals surface area contributed by atoms with Gasteiger partial charge in [-0.3, -0.25) is 9.69 Å². The van der Waals surface area contributed by atoms with Crippen LogP contribution >= 0.6 is 22.9 Å². The molecule has 4 rings (SSSR count). The lowest BCUT2D eigenvalue weighted by atomic mass is 9.94. The number of methoxy groups -OCH3 is 1. The van der Waals surface area contributed by atoms with E-state index < -0.39 is 0 Å². The predicted molar refractivity (Wildman–Crippen MR) is 130 cm³/mol. The van der Waals surface area contributed by atoms with E-state index in [1.807, 2.05) is 12.1 Å². The van der Waals surface area contributed by atoms with Crippen molar-refractivity contribution in [3.8, 4) is 5.75 Å². The van der Waals surface area contributed by atoms with Crippen LogP contribution in [-0.2, 0) is 4.74 Å². The fourth-order valence-electron chi connectivity index (χ4n) is 4.03. The number of nitrogens with one attached hydrogen (secondary N) is 1. The molecule has 7 heteroatoms. The van der Waals surface area contributed by atoms with E-state index in [4.69, 9.17) is 21.1 Å². The number of morpholine rings is 1.